The molecule has 3 aromatic carbocycles. The van der Waals surface area contributed by atoms with Gasteiger partial charge in [0.05, 0.1) is 11.0 Å². The van der Waals surface area contributed by atoms with Crippen LogP contribution < -0.4 is 5.32 Å². The molecule has 0 saturated heterocycles. The van der Waals surface area contributed by atoms with Crippen LogP contribution in [-0.4, -0.2) is 21.7 Å². The number of carbonyl (C=O) groups is 2. The Morgan fingerprint density at radius 2 is 1.83 bits per heavy atom. The van der Waals surface area contributed by atoms with Crippen molar-refractivity contribution in [2.24, 2.45) is 0 Å². The summed E-state index contributed by atoms with van der Waals surface area (Å²) in [6, 6.07) is 21.8. The zero-order valence-corrected chi connectivity index (χ0v) is 17.6. The molecule has 2 N–H and O–H groups in total. The number of rotatable bonds is 6. The summed E-state index contributed by atoms with van der Waals surface area (Å²) in [5, 5.41) is 3.62. The van der Waals surface area contributed by atoms with Crippen molar-refractivity contribution < 1.29 is 9.59 Å². The molecule has 0 aliphatic carbocycles. The number of thioether (sulfide) groups is 1. The first kappa shape index (κ1) is 20.2. The number of hydrogen-bond donors (Lipinski definition) is 2. The van der Waals surface area contributed by atoms with Gasteiger partial charge >= 0.3 is 0 Å². The lowest BCUT2D eigenvalue weighted by atomic mass is 10.1. The largest absolute Gasteiger partial charge is 0.333 e. The van der Waals surface area contributed by atoms with Gasteiger partial charge in [-0.1, -0.05) is 65.8 Å². The van der Waals surface area contributed by atoms with Crippen LogP contribution in [0.4, 0.5) is 5.69 Å². The monoisotopic (exact) mass is 435 g/mol. The molecule has 0 saturated carbocycles. The van der Waals surface area contributed by atoms with Crippen LogP contribution in [0.15, 0.2) is 78.0 Å². The Balaban J connectivity index is 1.63. The maximum Gasteiger partial charge on any atom is 0.242 e. The summed E-state index contributed by atoms with van der Waals surface area (Å²) in [6.45, 7) is 1.50. The number of nitrogens with zero attached hydrogens (tertiary/aromatic N) is 1. The van der Waals surface area contributed by atoms with E-state index in [-0.39, 0.29) is 11.7 Å². The molecule has 1 atom stereocenters. The van der Waals surface area contributed by atoms with E-state index in [1.807, 2.05) is 36.4 Å². The third-order valence-corrected chi connectivity index (χ3v) is 5.90. The highest BCUT2D eigenvalue weighted by atomic mass is 35.5. The van der Waals surface area contributed by atoms with Gasteiger partial charge in [-0.05, 0) is 42.8 Å². The molecule has 4 rings (SSSR count). The topological polar surface area (TPSA) is 74.8 Å². The van der Waals surface area contributed by atoms with Crippen LogP contribution in [-0.2, 0) is 4.79 Å². The molecule has 0 bridgehead atoms. The van der Waals surface area contributed by atoms with Crippen molar-refractivity contribution in [3.05, 3.63) is 88.9 Å². The minimum absolute atomic E-state index is 0.0546. The third-order valence-electron chi connectivity index (χ3n) is 4.53. The summed E-state index contributed by atoms with van der Waals surface area (Å²) in [5.74, 6) is -0.258. The summed E-state index contributed by atoms with van der Waals surface area (Å²) in [5.41, 5.74) is 3.56. The van der Waals surface area contributed by atoms with E-state index < -0.39 is 5.25 Å². The standard InChI is InChI=1S/C23H18ClN3O2S/c1-14(28)16-8-5-9-18(12-16)25-22(29)21(15-6-3-2-4-7-15)30-23-26-19-11-10-17(24)13-20(19)27-23/h2-13,21H,1H3,(H,25,29)(H,26,27). The number of imidazole rings is 1. The second kappa shape index (κ2) is 8.73. The predicted molar refractivity (Wildman–Crippen MR) is 121 cm³/mol. The molecule has 0 aliphatic heterocycles. The fourth-order valence-corrected chi connectivity index (χ4v) is 4.22. The first-order chi connectivity index (χ1) is 14.5. The van der Waals surface area contributed by atoms with E-state index in [9.17, 15) is 9.59 Å². The van der Waals surface area contributed by atoms with Gasteiger partial charge in [-0.25, -0.2) is 4.98 Å². The molecule has 1 unspecified atom stereocenters. The molecule has 1 heterocycles. The van der Waals surface area contributed by atoms with Gasteiger partial charge in [-0.3, -0.25) is 9.59 Å². The van der Waals surface area contributed by atoms with Crippen LogP contribution in [0.3, 0.4) is 0 Å². The molecule has 0 radical (unpaired) electrons. The van der Waals surface area contributed by atoms with Crippen LogP contribution in [0.5, 0.6) is 0 Å². The summed E-state index contributed by atoms with van der Waals surface area (Å²) < 4.78 is 0. The number of H-pyrrole nitrogens is 1. The highest BCUT2D eigenvalue weighted by molar-refractivity contribution is 8.00. The molecular weight excluding hydrogens is 418 g/mol. The van der Waals surface area contributed by atoms with Crippen LogP contribution in [0.25, 0.3) is 11.0 Å². The first-order valence-electron chi connectivity index (χ1n) is 9.28. The molecule has 150 valence electrons. The van der Waals surface area contributed by atoms with Crippen molar-refractivity contribution in [1.29, 1.82) is 0 Å². The molecule has 30 heavy (non-hydrogen) atoms. The van der Waals surface area contributed by atoms with Crippen molar-refractivity contribution in [3.63, 3.8) is 0 Å². The minimum Gasteiger partial charge on any atom is -0.333 e. The molecule has 1 aromatic heterocycles. The molecule has 0 fully saturated rings. The van der Waals surface area contributed by atoms with E-state index in [1.54, 1.807) is 36.4 Å². The number of anilines is 1. The van der Waals surface area contributed by atoms with E-state index in [1.165, 1.54) is 18.7 Å². The Hall–Kier alpha value is -3.09. The lowest BCUT2D eigenvalue weighted by molar-refractivity contribution is -0.115. The maximum absolute atomic E-state index is 13.2. The van der Waals surface area contributed by atoms with Gasteiger partial charge in [0.25, 0.3) is 0 Å². The molecule has 1 amide bonds. The van der Waals surface area contributed by atoms with Crippen LogP contribution in [0.1, 0.15) is 28.1 Å². The fourth-order valence-electron chi connectivity index (χ4n) is 3.05. The number of halogens is 1. The summed E-state index contributed by atoms with van der Waals surface area (Å²) in [4.78, 5) is 32.6. The van der Waals surface area contributed by atoms with Gasteiger partial charge in [0.2, 0.25) is 5.91 Å². The van der Waals surface area contributed by atoms with Gasteiger partial charge in [0.1, 0.15) is 5.25 Å². The minimum atomic E-state index is -0.539. The molecule has 0 aliphatic rings. The normalized spacial score (nSPS) is 11.9. The van der Waals surface area contributed by atoms with Crippen LogP contribution in [0, 0.1) is 0 Å². The van der Waals surface area contributed by atoms with Gasteiger partial charge in [0.15, 0.2) is 10.9 Å². The summed E-state index contributed by atoms with van der Waals surface area (Å²) >= 11 is 7.39. The van der Waals surface area contributed by atoms with Crippen molar-refractivity contribution >= 4 is 51.8 Å². The Morgan fingerprint density at radius 1 is 1.03 bits per heavy atom. The number of aromatic amines is 1. The Bertz CT molecular complexity index is 1220. The zero-order valence-electron chi connectivity index (χ0n) is 16.1. The van der Waals surface area contributed by atoms with Gasteiger partial charge in [-0.15, -0.1) is 0 Å². The second-order valence-electron chi connectivity index (χ2n) is 6.74. The zero-order chi connectivity index (χ0) is 21.1. The van der Waals surface area contributed by atoms with Crippen molar-refractivity contribution in [3.8, 4) is 0 Å². The second-order valence-corrected chi connectivity index (χ2v) is 8.27. The van der Waals surface area contributed by atoms with E-state index in [4.69, 9.17) is 11.6 Å². The van der Waals surface area contributed by atoms with E-state index in [2.05, 4.69) is 15.3 Å². The number of nitrogens with one attached hydrogen (secondary N) is 2. The van der Waals surface area contributed by atoms with Crippen LogP contribution in [0.2, 0.25) is 5.02 Å². The first-order valence-corrected chi connectivity index (χ1v) is 10.5. The molecule has 5 nitrogen and oxygen atoms in total. The Kier molecular flexibility index (Phi) is 5.88. The van der Waals surface area contributed by atoms with Crippen molar-refractivity contribution in [2.75, 3.05) is 5.32 Å². The Labute approximate surface area is 182 Å². The van der Waals surface area contributed by atoms with Gasteiger partial charge in [0, 0.05) is 16.3 Å². The smallest absolute Gasteiger partial charge is 0.242 e. The number of Topliss-reactive ketones (excluding diaryl/α,β-unsaturated/α-hetero) is 1. The average Bonchev–Trinajstić information content (AvgIpc) is 3.14. The fraction of sp³-hybridized carbons (Fsp3) is 0.0870. The Morgan fingerprint density at radius 3 is 2.60 bits per heavy atom. The van der Waals surface area contributed by atoms with Crippen molar-refractivity contribution in [2.45, 2.75) is 17.3 Å². The van der Waals surface area contributed by atoms with E-state index in [0.717, 1.165) is 16.6 Å². The molecule has 0 spiro atoms. The lowest BCUT2D eigenvalue weighted by Crippen LogP contribution is -2.19. The lowest BCUT2D eigenvalue weighted by Gasteiger charge is -2.16. The summed E-state index contributed by atoms with van der Waals surface area (Å²) in [6.07, 6.45) is 0. The number of aromatic nitrogens is 2. The molecule has 7 heteroatoms. The highest BCUT2D eigenvalue weighted by Gasteiger charge is 2.24. The third kappa shape index (κ3) is 4.56. The number of ketones is 1. The highest BCUT2D eigenvalue weighted by Crippen LogP contribution is 2.36. The number of amides is 1. The quantitative estimate of drug-likeness (QED) is 0.292. The molecule has 4 aromatic rings. The predicted octanol–water partition coefficient (Wildman–Crippen LogP) is 5.89. The van der Waals surface area contributed by atoms with Gasteiger partial charge < -0.3 is 10.3 Å². The number of hydrogen-bond acceptors (Lipinski definition) is 4. The number of fused-ring (bicyclic) bond motifs is 1. The van der Waals surface area contributed by atoms with Crippen molar-refractivity contribution in [1.82, 2.24) is 9.97 Å². The van der Waals surface area contributed by atoms with E-state index in [0.29, 0.717) is 21.4 Å². The SMILES string of the molecule is CC(=O)c1cccc(NC(=O)C(Sc2nc3ccc(Cl)cc3[nH]2)c2ccccc2)c1. The van der Waals surface area contributed by atoms with Gasteiger partial charge in [-0.2, -0.15) is 0 Å². The van der Waals surface area contributed by atoms with E-state index >= 15 is 0 Å². The average molecular weight is 436 g/mol. The number of carbonyl (C=O) groups excluding carboxylic acids is 2. The maximum atomic E-state index is 13.2. The van der Waals surface area contributed by atoms with Crippen LogP contribution >= 0.6 is 23.4 Å². The summed E-state index contributed by atoms with van der Waals surface area (Å²) in [7, 11) is 0. The number of benzene rings is 3. The molecular formula is C23H18ClN3O2S.